The summed E-state index contributed by atoms with van der Waals surface area (Å²) in [5, 5.41) is 0. The van der Waals surface area contributed by atoms with E-state index in [-0.39, 0.29) is 6.10 Å². The number of hydrogen-bond donors (Lipinski definition) is 1. The van der Waals surface area contributed by atoms with Crippen LogP contribution < -0.4 is 4.74 Å². The predicted molar refractivity (Wildman–Crippen MR) is 91.7 cm³/mol. The summed E-state index contributed by atoms with van der Waals surface area (Å²) in [6.45, 7) is 10.8. The molecule has 0 spiro atoms. The fourth-order valence-electron chi connectivity index (χ4n) is 2.62. The molecule has 1 N–H and O–H groups in total. The summed E-state index contributed by atoms with van der Waals surface area (Å²) in [5.74, 6) is 1.59. The van der Waals surface area contributed by atoms with E-state index < -0.39 is 0 Å². The van der Waals surface area contributed by atoms with Crippen LogP contribution in [-0.2, 0) is 0 Å². The number of nitrogens with one attached hydrogen (secondary N) is 1. The molecule has 0 aliphatic heterocycles. The summed E-state index contributed by atoms with van der Waals surface area (Å²) in [6.07, 6.45) is 2.49. The van der Waals surface area contributed by atoms with Gasteiger partial charge in [-0.15, -0.1) is 0 Å². The van der Waals surface area contributed by atoms with E-state index in [0.717, 1.165) is 28.0 Å². The lowest BCUT2D eigenvalue weighted by Gasteiger charge is -2.16. The standard InChI is InChI=1S/C17H26N2OS/c1-11(2)9-10-13(5)19-14-7-6-8-15(20-12(3)4)16(14)18-17(19)21/h6-8,11-13H,9-10H2,1-5H3,(H,18,21). The molecule has 21 heavy (non-hydrogen) atoms. The van der Waals surface area contributed by atoms with Gasteiger partial charge >= 0.3 is 0 Å². The van der Waals surface area contributed by atoms with E-state index in [1.807, 2.05) is 26.0 Å². The molecule has 3 nitrogen and oxygen atoms in total. The van der Waals surface area contributed by atoms with Crippen LogP contribution in [0.25, 0.3) is 11.0 Å². The minimum absolute atomic E-state index is 0.152. The summed E-state index contributed by atoms with van der Waals surface area (Å²) < 4.78 is 8.88. The highest BCUT2D eigenvalue weighted by Crippen LogP contribution is 2.29. The first-order chi connectivity index (χ1) is 9.90. The number of aromatic amines is 1. The van der Waals surface area contributed by atoms with E-state index in [2.05, 4.69) is 36.4 Å². The van der Waals surface area contributed by atoms with Crippen LogP contribution in [0.3, 0.4) is 0 Å². The molecule has 1 aromatic carbocycles. The fraction of sp³-hybridized carbons (Fsp3) is 0.588. The summed E-state index contributed by atoms with van der Waals surface area (Å²) in [7, 11) is 0. The first kappa shape index (κ1) is 16.1. The number of imidazole rings is 1. The lowest BCUT2D eigenvalue weighted by Crippen LogP contribution is -2.07. The molecule has 1 aromatic heterocycles. The minimum atomic E-state index is 0.152. The van der Waals surface area contributed by atoms with Crippen molar-refractivity contribution in [3.63, 3.8) is 0 Å². The van der Waals surface area contributed by atoms with Crippen LogP contribution in [0.2, 0.25) is 0 Å². The van der Waals surface area contributed by atoms with Gasteiger partial charge in [-0.2, -0.15) is 0 Å². The van der Waals surface area contributed by atoms with Gasteiger partial charge in [-0.3, -0.25) is 0 Å². The maximum absolute atomic E-state index is 5.88. The largest absolute Gasteiger partial charge is 0.489 e. The first-order valence-electron chi connectivity index (χ1n) is 7.80. The minimum Gasteiger partial charge on any atom is -0.489 e. The number of hydrogen-bond acceptors (Lipinski definition) is 2. The van der Waals surface area contributed by atoms with E-state index in [1.54, 1.807) is 0 Å². The lowest BCUT2D eigenvalue weighted by atomic mass is 10.0. The number of H-pyrrole nitrogens is 1. The quantitative estimate of drug-likeness (QED) is 0.716. The van der Waals surface area contributed by atoms with Crippen molar-refractivity contribution in [3.05, 3.63) is 23.0 Å². The molecule has 2 aromatic rings. The number of fused-ring (bicyclic) bond motifs is 1. The molecular formula is C17H26N2OS. The van der Waals surface area contributed by atoms with Crippen LogP contribution in [0.1, 0.15) is 53.5 Å². The van der Waals surface area contributed by atoms with Crippen LogP contribution in [0.5, 0.6) is 5.75 Å². The Labute approximate surface area is 132 Å². The maximum atomic E-state index is 5.88. The molecule has 0 saturated carbocycles. The van der Waals surface area contributed by atoms with Gasteiger partial charge in [0.1, 0.15) is 11.3 Å². The number of aromatic nitrogens is 2. The number of para-hydroxylation sites is 1. The van der Waals surface area contributed by atoms with Gasteiger partial charge in [0.15, 0.2) is 4.77 Å². The van der Waals surface area contributed by atoms with Crippen molar-refractivity contribution >= 4 is 23.3 Å². The summed E-state index contributed by atoms with van der Waals surface area (Å²) >= 11 is 5.53. The van der Waals surface area contributed by atoms with Gasteiger partial charge in [0.05, 0.1) is 11.6 Å². The third-order valence-corrected chi connectivity index (χ3v) is 3.98. The molecule has 116 valence electrons. The molecule has 0 radical (unpaired) electrons. The van der Waals surface area contributed by atoms with Crippen molar-refractivity contribution in [1.82, 2.24) is 9.55 Å². The zero-order valence-electron chi connectivity index (χ0n) is 13.6. The summed E-state index contributed by atoms with van der Waals surface area (Å²) in [4.78, 5) is 3.32. The number of benzene rings is 1. The predicted octanol–water partition coefficient (Wildman–Crippen LogP) is 5.48. The zero-order chi connectivity index (χ0) is 15.6. The second kappa shape index (κ2) is 6.65. The Hall–Kier alpha value is -1.29. The van der Waals surface area contributed by atoms with Gasteiger partial charge in [-0.05, 0) is 63.9 Å². The smallest absolute Gasteiger partial charge is 0.178 e. The van der Waals surface area contributed by atoms with Crippen LogP contribution in [0.15, 0.2) is 18.2 Å². The number of nitrogens with zero attached hydrogens (tertiary/aromatic N) is 1. The maximum Gasteiger partial charge on any atom is 0.178 e. The molecule has 0 aliphatic rings. The Balaban J connectivity index is 2.41. The van der Waals surface area contributed by atoms with Crippen LogP contribution in [0, 0.1) is 10.7 Å². The Morgan fingerprint density at radius 2 is 1.86 bits per heavy atom. The van der Waals surface area contributed by atoms with Crippen molar-refractivity contribution in [2.75, 3.05) is 0 Å². The topological polar surface area (TPSA) is 29.9 Å². The van der Waals surface area contributed by atoms with Crippen molar-refractivity contribution in [2.45, 2.75) is 59.6 Å². The average Bonchev–Trinajstić information content (AvgIpc) is 2.73. The molecule has 1 heterocycles. The molecule has 2 rings (SSSR count). The van der Waals surface area contributed by atoms with Gasteiger partial charge in [-0.25, -0.2) is 0 Å². The summed E-state index contributed by atoms with van der Waals surface area (Å²) in [6, 6.07) is 6.54. The molecule has 0 amide bonds. The number of ether oxygens (including phenoxy) is 1. The normalized spacial score (nSPS) is 13.3. The monoisotopic (exact) mass is 306 g/mol. The van der Waals surface area contributed by atoms with Crippen LogP contribution >= 0.6 is 12.2 Å². The molecule has 0 fully saturated rings. The third-order valence-electron chi connectivity index (χ3n) is 3.68. The fourth-order valence-corrected chi connectivity index (χ4v) is 3.00. The summed E-state index contributed by atoms with van der Waals surface area (Å²) in [5.41, 5.74) is 2.14. The van der Waals surface area contributed by atoms with E-state index in [1.165, 1.54) is 6.42 Å². The molecular weight excluding hydrogens is 280 g/mol. The third kappa shape index (κ3) is 3.67. The van der Waals surface area contributed by atoms with Crippen molar-refractivity contribution < 1.29 is 4.74 Å². The molecule has 4 heteroatoms. The molecule has 0 saturated heterocycles. The molecule has 0 aliphatic carbocycles. The second-order valence-corrected chi connectivity index (χ2v) is 6.82. The van der Waals surface area contributed by atoms with E-state index >= 15 is 0 Å². The van der Waals surface area contributed by atoms with Gasteiger partial charge < -0.3 is 14.3 Å². The van der Waals surface area contributed by atoms with Crippen LogP contribution in [-0.4, -0.2) is 15.7 Å². The van der Waals surface area contributed by atoms with Gasteiger partial charge in [0.2, 0.25) is 0 Å². The van der Waals surface area contributed by atoms with Crippen LogP contribution in [0.4, 0.5) is 0 Å². The molecule has 0 bridgehead atoms. The lowest BCUT2D eigenvalue weighted by molar-refractivity contribution is 0.245. The molecule has 1 atom stereocenters. The van der Waals surface area contributed by atoms with Gasteiger partial charge in [0, 0.05) is 6.04 Å². The second-order valence-electron chi connectivity index (χ2n) is 6.44. The van der Waals surface area contributed by atoms with Crippen molar-refractivity contribution in [2.24, 2.45) is 5.92 Å². The van der Waals surface area contributed by atoms with E-state index in [9.17, 15) is 0 Å². The SMILES string of the molecule is CC(C)CCC(C)n1c(=S)[nH]c2c(OC(C)C)cccc21. The number of rotatable bonds is 6. The highest BCUT2D eigenvalue weighted by Gasteiger charge is 2.14. The Morgan fingerprint density at radius 1 is 1.14 bits per heavy atom. The average molecular weight is 306 g/mol. The van der Waals surface area contributed by atoms with E-state index in [4.69, 9.17) is 17.0 Å². The zero-order valence-corrected chi connectivity index (χ0v) is 14.5. The van der Waals surface area contributed by atoms with Crippen molar-refractivity contribution in [3.8, 4) is 5.75 Å². The van der Waals surface area contributed by atoms with Gasteiger partial charge in [-0.1, -0.05) is 19.9 Å². The molecule has 1 unspecified atom stereocenters. The Bertz CT molecular complexity index is 654. The van der Waals surface area contributed by atoms with Gasteiger partial charge in [0.25, 0.3) is 0 Å². The Kier molecular flexibility index (Phi) is 5.09. The van der Waals surface area contributed by atoms with Crippen molar-refractivity contribution in [1.29, 1.82) is 0 Å². The Morgan fingerprint density at radius 3 is 2.48 bits per heavy atom. The highest BCUT2D eigenvalue weighted by atomic mass is 32.1. The highest BCUT2D eigenvalue weighted by molar-refractivity contribution is 7.71. The van der Waals surface area contributed by atoms with E-state index in [0.29, 0.717) is 12.0 Å². The first-order valence-corrected chi connectivity index (χ1v) is 8.20.